The van der Waals surface area contributed by atoms with Crippen LogP contribution < -0.4 is 11.1 Å². The number of nitrogens with one attached hydrogen (secondary N) is 1. The van der Waals surface area contributed by atoms with Gasteiger partial charge in [-0.05, 0) is 12.1 Å². The Labute approximate surface area is 120 Å². The number of pyridine rings is 1. The molecule has 0 aliphatic heterocycles. The van der Waals surface area contributed by atoms with Gasteiger partial charge < -0.3 is 10.2 Å². The van der Waals surface area contributed by atoms with Crippen LogP contribution in [0.3, 0.4) is 0 Å². The zero-order chi connectivity index (χ0) is 14.5. The zero-order valence-electron chi connectivity index (χ0n) is 11.2. The molecule has 0 aromatic carbocycles. The maximum absolute atomic E-state index is 11.7. The van der Waals surface area contributed by atoms with Gasteiger partial charge >= 0.3 is 6.01 Å². The van der Waals surface area contributed by atoms with Gasteiger partial charge in [-0.1, -0.05) is 18.9 Å². The summed E-state index contributed by atoms with van der Waals surface area (Å²) in [5.41, 5.74) is 5.48. The summed E-state index contributed by atoms with van der Waals surface area (Å²) < 4.78 is 5.29. The van der Waals surface area contributed by atoms with Gasteiger partial charge in [0.1, 0.15) is 5.82 Å². The summed E-state index contributed by atoms with van der Waals surface area (Å²) in [6, 6.07) is 3.62. The third-order valence-corrected chi connectivity index (χ3v) is 3.29. The van der Waals surface area contributed by atoms with Crippen molar-refractivity contribution in [2.75, 3.05) is 16.8 Å². The molecule has 2 aromatic rings. The first-order valence-electron chi connectivity index (χ1n) is 6.02. The summed E-state index contributed by atoms with van der Waals surface area (Å²) in [7, 11) is 0. The highest BCUT2D eigenvalue weighted by Crippen LogP contribution is 2.18. The highest BCUT2D eigenvalue weighted by Gasteiger charge is 2.12. The molecule has 2 heterocycles. The van der Waals surface area contributed by atoms with Crippen molar-refractivity contribution in [3.63, 3.8) is 0 Å². The van der Waals surface area contributed by atoms with Crippen LogP contribution in [0.2, 0.25) is 0 Å². The molecule has 106 valence electrons. The Morgan fingerprint density at radius 3 is 2.85 bits per heavy atom. The number of anilines is 2. The summed E-state index contributed by atoms with van der Waals surface area (Å²) in [5.74, 6) is 1.08. The second kappa shape index (κ2) is 6.38. The van der Waals surface area contributed by atoms with Crippen LogP contribution >= 0.6 is 11.8 Å². The fourth-order valence-corrected chi connectivity index (χ4v) is 1.96. The zero-order valence-corrected chi connectivity index (χ0v) is 12.0. The molecule has 2 rings (SSSR count). The molecule has 7 nitrogen and oxygen atoms in total. The van der Waals surface area contributed by atoms with Crippen LogP contribution in [0.25, 0.3) is 0 Å². The molecular weight excluding hydrogens is 278 g/mol. The van der Waals surface area contributed by atoms with Crippen LogP contribution in [-0.4, -0.2) is 26.8 Å². The molecule has 0 aliphatic carbocycles. The van der Waals surface area contributed by atoms with Crippen LogP contribution in [0.15, 0.2) is 27.6 Å². The molecule has 0 aliphatic rings. The van der Waals surface area contributed by atoms with E-state index in [4.69, 9.17) is 10.2 Å². The van der Waals surface area contributed by atoms with E-state index >= 15 is 0 Å². The second-order valence-electron chi connectivity index (χ2n) is 4.36. The average Bonchev–Trinajstić information content (AvgIpc) is 2.87. The number of rotatable bonds is 5. The molecule has 3 N–H and O–H groups in total. The SMILES string of the molecule is CC(C)c1nnc(NC(=O)CSc2ccc(N)nc2)o1. The number of thioether (sulfide) groups is 1. The van der Waals surface area contributed by atoms with E-state index in [2.05, 4.69) is 20.5 Å². The normalized spacial score (nSPS) is 10.8. The number of carbonyl (C=O) groups excluding carboxylic acids is 1. The van der Waals surface area contributed by atoms with E-state index in [9.17, 15) is 4.79 Å². The predicted molar refractivity (Wildman–Crippen MR) is 76.4 cm³/mol. The van der Waals surface area contributed by atoms with E-state index in [1.165, 1.54) is 11.8 Å². The first-order valence-corrected chi connectivity index (χ1v) is 7.00. The van der Waals surface area contributed by atoms with E-state index in [1.54, 1.807) is 12.3 Å². The first-order chi connectivity index (χ1) is 9.54. The highest BCUT2D eigenvalue weighted by molar-refractivity contribution is 8.00. The molecule has 0 unspecified atom stereocenters. The molecule has 0 bridgehead atoms. The molecule has 2 aromatic heterocycles. The van der Waals surface area contributed by atoms with Gasteiger partial charge in [0, 0.05) is 17.0 Å². The van der Waals surface area contributed by atoms with Crippen LogP contribution in [0.5, 0.6) is 0 Å². The molecule has 8 heteroatoms. The maximum atomic E-state index is 11.7. The standard InChI is InChI=1S/C12H15N5O2S/c1-7(2)11-16-17-12(19-11)15-10(18)6-20-8-3-4-9(13)14-5-8/h3-5,7H,6H2,1-2H3,(H2,13,14)(H,15,17,18). The molecule has 0 spiro atoms. The maximum Gasteiger partial charge on any atom is 0.322 e. The van der Waals surface area contributed by atoms with Gasteiger partial charge in [-0.2, -0.15) is 0 Å². The molecule has 0 radical (unpaired) electrons. The Hall–Kier alpha value is -2.09. The van der Waals surface area contributed by atoms with Crippen LogP contribution in [-0.2, 0) is 4.79 Å². The fraction of sp³-hybridized carbons (Fsp3) is 0.333. The largest absolute Gasteiger partial charge is 0.408 e. The minimum atomic E-state index is -0.217. The van der Waals surface area contributed by atoms with Crippen molar-refractivity contribution >= 4 is 29.5 Å². The quantitative estimate of drug-likeness (QED) is 0.811. The van der Waals surface area contributed by atoms with Crippen LogP contribution in [0.4, 0.5) is 11.8 Å². The molecule has 20 heavy (non-hydrogen) atoms. The van der Waals surface area contributed by atoms with E-state index in [0.717, 1.165) is 4.90 Å². The number of nitrogens with zero attached hydrogens (tertiary/aromatic N) is 3. The number of carbonyl (C=O) groups is 1. The van der Waals surface area contributed by atoms with E-state index < -0.39 is 0 Å². The minimum Gasteiger partial charge on any atom is -0.408 e. The number of hydrogen-bond acceptors (Lipinski definition) is 7. The van der Waals surface area contributed by atoms with Crippen molar-refractivity contribution in [3.8, 4) is 0 Å². The van der Waals surface area contributed by atoms with Crippen LogP contribution in [0.1, 0.15) is 25.7 Å². The molecule has 0 saturated carbocycles. The lowest BCUT2D eigenvalue weighted by atomic mass is 10.2. The van der Waals surface area contributed by atoms with Crippen molar-refractivity contribution in [1.29, 1.82) is 0 Å². The average molecular weight is 293 g/mol. The first kappa shape index (κ1) is 14.3. The summed E-state index contributed by atoms with van der Waals surface area (Å²) in [5, 5.41) is 10.1. The Morgan fingerprint density at radius 1 is 1.45 bits per heavy atom. The molecule has 0 fully saturated rings. The second-order valence-corrected chi connectivity index (χ2v) is 5.40. The van der Waals surface area contributed by atoms with Crippen molar-refractivity contribution in [2.45, 2.75) is 24.7 Å². The lowest BCUT2D eigenvalue weighted by molar-refractivity contribution is -0.113. The van der Waals surface area contributed by atoms with Crippen molar-refractivity contribution < 1.29 is 9.21 Å². The summed E-state index contributed by atoms with van der Waals surface area (Å²) in [4.78, 5) is 16.5. The molecule has 1 amide bonds. The smallest absolute Gasteiger partial charge is 0.322 e. The third-order valence-electron chi connectivity index (χ3n) is 2.31. The van der Waals surface area contributed by atoms with Gasteiger partial charge in [0.15, 0.2) is 0 Å². The lowest BCUT2D eigenvalue weighted by Crippen LogP contribution is -2.14. The molecule has 0 atom stereocenters. The van der Waals surface area contributed by atoms with Gasteiger partial charge in [-0.15, -0.1) is 16.9 Å². The monoisotopic (exact) mass is 293 g/mol. The highest BCUT2D eigenvalue weighted by atomic mass is 32.2. The van der Waals surface area contributed by atoms with E-state index in [0.29, 0.717) is 11.7 Å². The third kappa shape index (κ3) is 3.95. The fourth-order valence-electron chi connectivity index (χ4n) is 1.30. The van der Waals surface area contributed by atoms with E-state index in [-0.39, 0.29) is 23.6 Å². The Morgan fingerprint density at radius 2 is 2.25 bits per heavy atom. The Bertz CT molecular complexity index is 582. The van der Waals surface area contributed by atoms with Gasteiger partial charge in [0.25, 0.3) is 0 Å². The number of amides is 1. The lowest BCUT2D eigenvalue weighted by Gasteiger charge is -2.01. The topological polar surface area (TPSA) is 107 Å². The van der Waals surface area contributed by atoms with Crippen molar-refractivity contribution in [1.82, 2.24) is 15.2 Å². The summed E-state index contributed by atoms with van der Waals surface area (Å²) >= 11 is 1.35. The Balaban J connectivity index is 1.84. The van der Waals surface area contributed by atoms with Crippen molar-refractivity contribution in [3.05, 3.63) is 24.2 Å². The van der Waals surface area contributed by atoms with Crippen LogP contribution in [0, 0.1) is 0 Å². The van der Waals surface area contributed by atoms with Gasteiger partial charge in [0.2, 0.25) is 11.8 Å². The van der Waals surface area contributed by atoms with Crippen molar-refractivity contribution in [2.24, 2.45) is 0 Å². The Kier molecular flexibility index (Phi) is 4.57. The molecular formula is C12H15N5O2S. The predicted octanol–water partition coefficient (Wildman–Crippen LogP) is 1.90. The number of aromatic nitrogens is 3. The van der Waals surface area contributed by atoms with E-state index in [1.807, 2.05) is 19.9 Å². The number of nitrogens with two attached hydrogens (primary N) is 1. The summed E-state index contributed by atoms with van der Waals surface area (Å²) in [6.45, 7) is 3.87. The van der Waals surface area contributed by atoms with Gasteiger partial charge in [0.05, 0.1) is 5.75 Å². The van der Waals surface area contributed by atoms with Gasteiger partial charge in [-0.25, -0.2) is 4.98 Å². The summed E-state index contributed by atoms with van der Waals surface area (Å²) in [6.07, 6.45) is 1.62. The van der Waals surface area contributed by atoms with Gasteiger partial charge in [-0.3, -0.25) is 10.1 Å². The number of nitrogen functional groups attached to an aromatic ring is 1. The molecule has 0 saturated heterocycles. The minimum absolute atomic E-state index is 0.120. The number of hydrogen-bond donors (Lipinski definition) is 2.